The van der Waals surface area contributed by atoms with E-state index in [1.807, 2.05) is 48.2 Å². The first-order chi connectivity index (χ1) is 16.5. The Hall–Kier alpha value is -3.60. The number of ether oxygens (including phenoxy) is 1. The van der Waals surface area contributed by atoms with E-state index >= 15 is 0 Å². The van der Waals surface area contributed by atoms with Gasteiger partial charge in [0.25, 0.3) is 5.91 Å². The number of carbonyl (C=O) groups excluding carboxylic acids is 2. The Morgan fingerprint density at radius 1 is 0.941 bits per heavy atom. The van der Waals surface area contributed by atoms with Gasteiger partial charge in [0.05, 0.1) is 6.04 Å². The zero-order valence-electron chi connectivity index (χ0n) is 19.7. The molecule has 0 spiro atoms. The summed E-state index contributed by atoms with van der Waals surface area (Å²) in [5.41, 5.74) is 6.49. The molecule has 5 rings (SSSR count). The number of carbonyl (C=O) groups is 2. The first-order valence-corrected chi connectivity index (χ1v) is 12.0. The summed E-state index contributed by atoms with van der Waals surface area (Å²) in [4.78, 5) is 27.6. The smallest absolute Gasteiger partial charge is 0.262 e. The molecule has 174 valence electrons. The Morgan fingerprint density at radius 3 is 2.29 bits per heavy atom. The molecule has 1 aliphatic carbocycles. The monoisotopic (exact) mass is 454 g/mol. The lowest BCUT2D eigenvalue weighted by molar-refractivity contribution is -0.134. The standard InChI is InChI=1S/C29H30N2O3/c1-19-3-7-22(8-4-19)28-26-17-25(34-18-27(32)30-24-12-5-20(2)6-13-24)14-11-21(26)15-16-31(28)29(33)23-9-10-23/h3-8,11-14,17,23,28H,9-10,15-16,18H2,1-2H3,(H,30,32)/t28-/m0/s1. The van der Waals surface area contributed by atoms with Crippen molar-refractivity contribution < 1.29 is 14.3 Å². The van der Waals surface area contributed by atoms with Gasteiger partial charge >= 0.3 is 0 Å². The fourth-order valence-corrected chi connectivity index (χ4v) is 4.58. The first kappa shape index (κ1) is 22.2. The van der Waals surface area contributed by atoms with E-state index in [1.165, 1.54) is 11.1 Å². The van der Waals surface area contributed by atoms with E-state index in [-0.39, 0.29) is 30.4 Å². The molecule has 3 aromatic carbocycles. The van der Waals surface area contributed by atoms with Crippen LogP contribution in [-0.2, 0) is 16.0 Å². The second-order valence-corrected chi connectivity index (χ2v) is 9.43. The van der Waals surface area contributed by atoms with E-state index in [2.05, 4.69) is 42.6 Å². The molecular weight excluding hydrogens is 424 g/mol. The molecule has 3 aromatic rings. The van der Waals surface area contributed by atoms with Gasteiger partial charge in [0, 0.05) is 18.2 Å². The summed E-state index contributed by atoms with van der Waals surface area (Å²) < 4.78 is 5.87. The molecule has 34 heavy (non-hydrogen) atoms. The third-order valence-corrected chi connectivity index (χ3v) is 6.65. The number of anilines is 1. The highest BCUT2D eigenvalue weighted by Crippen LogP contribution is 2.41. The Labute approximate surface area is 200 Å². The van der Waals surface area contributed by atoms with Crippen LogP contribution in [0.4, 0.5) is 5.69 Å². The lowest BCUT2D eigenvalue weighted by Crippen LogP contribution is -2.41. The lowest BCUT2D eigenvalue weighted by atomic mass is 9.87. The number of hydrogen-bond donors (Lipinski definition) is 1. The quantitative estimate of drug-likeness (QED) is 0.557. The maximum Gasteiger partial charge on any atom is 0.262 e. The zero-order chi connectivity index (χ0) is 23.7. The van der Waals surface area contributed by atoms with Crippen molar-refractivity contribution in [2.45, 2.75) is 39.2 Å². The van der Waals surface area contributed by atoms with E-state index in [4.69, 9.17) is 4.74 Å². The van der Waals surface area contributed by atoms with Gasteiger partial charge in [-0.05, 0) is 74.1 Å². The summed E-state index contributed by atoms with van der Waals surface area (Å²) >= 11 is 0. The molecule has 2 aliphatic rings. The van der Waals surface area contributed by atoms with Crippen LogP contribution in [-0.4, -0.2) is 29.9 Å². The summed E-state index contributed by atoms with van der Waals surface area (Å²) in [5.74, 6) is 0.845. The number of aryl methyl sites for hydroxylation is 2. The van der Waals surface area contributed by atoms with Crippen molar-refractivity contribution in [1.29, 1.82) is 0 Å². The van der Waals surface area contributed by atoms with Crippen LogP contribution in [0.25, 0.3) is 0 Å². The molecule has 5 heteroatoms. The minimum atomic E-state index is -0.206. The van der Waals surface area contributed by atoms with Gasteiger partial charge in [-0.2, -0.15) is 0 Å². The number of nitrogens with zero attached hydrogens (tertiary/aromatic N) is 1. The molecule has 1 aliphatic heterocycles. The molecule has 1 heterocycles. The number of rotatable bonds is 6. The van der Waals surface area contributed by atoms with Crippen molar-refractivity contribution in [2.24, 2.45) is 5.92 Å². The average molecular weight is 455 g/mol. The third-order valence-electron chi connectivity index (χ3n) is 6.65. The molecule has 0 radical (unpaired) electrons. The Bertz CT molecular complexity index is 1200. The van der Waals surface area contributed by atoms with Crippen molar-refractivity contribution in [3.63, 3.8) is 0 Å². The topological polar surface area (TPSA) is 58.6 Å². The maximum absolute atomic E-state index is 13.2. The number of amides is 2. The molecule has 1 N–H and O–H groups in total. The van der Waals surface area contributed by atoms with Crippen molar-refractivity contribution >= 4 is 17.5 Å². The van der Waals surface area contributed by atoms with Gasteiger partial charge in [-0.1, -0.05) is 53.6 Å². The first-order valence-electron chi connectivity index (χ1n) is 12.0. The molecule has 0 unspecified atom stereocenters. The van der Waals surface area contributed by atoms with E-state index in [0.717, 1.165) is 48.2 Å². The summed E-state index contributed by atoms with van der Waals surface area (Å²) in [6.07, 6.45) is 2.80. The number of nitrogens with one attached hydrogen (secondary N) is 1. The van der Waals surface area contributed by atoms with Gasteiger partial charge in [0.2, 0.25) is 5.91 Å². The van der Waals surface area contributed by atoms with Crippen LogP contribution in [0.2, 0.25) is 0 Å². The van der Waals surface area contributed by atoms with Crippen molar-refractivity contribution in [2.75, 3.05) is 18.5 Å². The second kappa shape index (κ2) is 9.34. The van der Waals surface area contributed by atoms with Gasteiger partial charge in [-0.15, -0.1) is 0 Å². The second-order valence-electron chi connectivity index (χ2n) is 9.43. The van der Waals surface area contributed by atoms with Crippen LogP contribution in [0.1, 0.15) is 46.7 Å². The van der Waals surface area contributed by atoms with Gasteiger partial charge in [-0.25, -0.2) is 0 Å². The van der Waals surface area contributed by atoms with Crippen LogP contribution in [0.3, 0.4) is 0 Å². The predicted octanol–water partition coefficient (Wildman–Crippen LogP) is 5.21. The summed E-state index contributed by atoms with van der Waals surface area (Å²) in [6, 6.07) is 22.0. The Balaban J connectivity index is 1.37. The van der Waals surface area contributed by atoms with Gasteiger partial charge in [0.1, 0.15) is 5.75 Å². The minimum absolute atomic E-state index is 0.0768. The number of fused-ring (bicyclic) bond motifs is 1. The molecule has 0 bridgehead atoms. The average Bonchev–Trinajstić information content (AvgIpc) is 3.69. The fraction of sp³-hybridized carbons (Fsp3) is 0.310. The molecule has 0 saturated heterocycles. The highest BCUT2D eigenvalue weighted by Gasteiger charge is 2.39. The highest BCUT2D eigenvalue weighted by atomic mass is 16.5. The van der Waals surface area contributed by atoms with E-state index in [9.17, 15) is 9.59 Å². The van der Waals surface area contributed by atoms with Crippen LogP contribution in [0.5, 0.6) is 5.75 Å². The Kier molecular flexibility index (Phi) is 6.10. The number of benzene rings is 3. The molecular formula is C29H30N2O3. The molecule has 0 aromatic heterocycles. The summed E-state index contributed by atoms with van der Waals surface area (Å²) in [5, 5.41) is 2.87. The number of hydrogen-bond acceptors (Lipinski definition) is 3. The van der Waals surface area contributed by atoms with E-state index < -0.39 is 0 Å². The zero-order valence-corrected chi connectivity index (χ0v) is 19.7. The van der Waals surface area contributed by atoms with Crippen LogP contribution < -0.4 is 10.1 Å². The SMILES string of the molecule is Cc1ccc(NC(=O)COc2ccc3c(c2)[C@H](c2ccc(C)cc2)N(C(=O)C2CC2)CC3)cc1. The fourth-order valence-electron chi connectivity index (χ4n) is 4.58. The molecule has 1 atom stereocenters. The largest absolute Gasteiger partial charge is 0.484 e. The van der Waals surface area contributed by atoms with E-state index in [0.29, 0.717) is 5.75 Å². The van der Waals surface area contributed by atoms with Gasteiger partial charge in [0.15, 0.2) is 6.61 Å². The summed E-state index contributed by atoms with van der Waals surface area (Å²) in [7, 11) is 0. The third kappa shape index (κ3) is 4.84. The molecule has 1 saturated carbocycles. The molecule has 5 nitrogen and oxygen atoms in total. The van der Waals surface area contributed by atoms with Crippen molar-refractivity contribution in [3.8, 4) is 5.75 Å². The van der Waals surface area contributed by atoms with Crippen LogP contribution in [0, 0.1) is 19.8 Å². The summed E-state index contributed by atoms with van der Waals surface area (Å²) in [6.45, 7) is 4.72. The molecule has 1 fully saturated rings. The maximum atomic E-state index is 13.2. The van der Waals surface area contributed by atoms with Crippen LogP contribution >= 0.6 is 0 Å². The lowest BCUT2D eigenvalue weighted by Gasteiger charge is -2.38. The molecule has 2 amide bonds. The van der Waals surface area contributed by atoms with Crippen LogP contribution in [0.15, 0.2) is 66.7 Å². The minimum Gasteiger partial charge on any atom is -0.484 e. The Morgan fingerprint density at radius 2 is 1.62 bits per heavy atom. The van der Waals surface area contributed by atoms with Crippen molar-refractivity contribution in [1.82, 2.24) is 4.90 Å². The normalized spacial score (nSPS) is 17.1. The predicted molar refractivity (Wildman–Crippen MR) is 133 cm³/mol. The van der Waals surface area contributed by atoms with E-state index in [1.54, 1.807) is 0 Å². The van der Waals surface area contributed by atoms with Gasteiger partial charge in [-0.3, -0.25) is 9.59 Å². The van der Waals surface area contributed by atoms with Crippen molar-refractivity contribution in [3.05, 3.63) is 94.5 Å². The highest BCUT2D eigenvalue weighted by molar-refractivity contribution is 5.91. The van der Waals surface area contributed by atoms with Gasteiger partial charge < -0.3 is 15.0 Å².